The normalized spacial score (nSPS) is 14.7. The van der Waals surface area contributed by atoms with E-state index in [9.17, 15) is 18.0 Å². The molecule has 10 heteroatoms. The molecule has 1 aliphatic rings. The molecular weight excluding hydrogens is 401 g/mol. The molecule has 3 rings (SSSR count). The van der Waals surface area contributed by atoms with E-state index in [2.05, 4.69) is 14.7 Å². The van der Waals surface area contributed by atoms with E-state index in [0.29, 0.717) is 50.4 Å². The van der Waals surface area contributed by atoms with Crippen LogP contribution in [0.4, 0.5) is 19.0 Å². The number of benzene rings is 1. The summed E-state index contributed by atoms with van der Waals surface area (Å²) in [6, 6.07) is 6.86. The van der Waals surface area contributed by atoms with Crippen molar-refractivity contribution in [2.75, 3.05) is 37.7 Å². The lowest BCUT2D eigenvalue weighted by Crippen LogP contribution is -2.49. The molecule has 0 saturated carbocycles. The van der Waals surface area contributed by atoms with Gasteiger partial charge in [0.15, 0.2) is 0 Å². The Hall–Kier alpha value is -3.04. The number of halogens is 3. The molecule has 0 bridgehead atoms. The fraction of sp³-hybridized carbons (Fsp3) is 0.450. The van der Waals surface area contributed by atoms with Crippen LogP contribution >= 0.6 is 0 Å². The van der Waals surface area contributed by atoms with E-state index in [1.54, 1.807) is 11.0 Å². The zero-order valence-electron chi connectivity index (χ0n) is 16.7. The Bertz CT molecular complexity index is 868. The fourth-order valence-corrected chi connectivity index (χ4v) is 2.98. The highest BCUT2D eigenvalue weighted by molar-refractivity contribution is 5.94. The second kappa shape index (κ2) is 9.19. The first-order valence-corrected chi connectivity index (χ1v) is 9.56. The summed E-state index contributed by atoms with van der Waals surface area (Å²) >= 11 is 0. The lowest BCUT2D eigenvalue weighted by atomic mass is 10.1. The highest BCUT2D eigenvalue weighted by Crippen LogP contribution is 2.24. The average Bonchev–Trinajstić information content (AvgIpc) is 2.71. The third kappa shape index (κ3) is 5.98. The number of amides is 1. The highest BCUT2D eigenvalue weighted by atomic mass is 19.4. The Morgan fingerprint density at radius 3 is 2.53 bits per heavy atom. The summed E-state index contributed by atoms with van der Waals surface area (Å²) in [6.07, 6.45) is -3.36. The predicted octanol–water partition coefficient (Wildman–Crippen LogP) is 3.37. The van der Waals surface area contributed by atoms with Crippen molar-refractivity contribution < 1.29 is 27.4 Å². The molecule has 2 aromatic rings. The number of carbonyl (C=O) groups excluding carboxylic acids is 1. The molecule has 30 heavy (non-hydrogen) atoms. The summed E-state index contributed by atoms with van der Waals surface area (Å²) in [6.45, 7) is 6.53. The molecule has 162 valence electrons. The number of nitrogens with zero attached hydrogens (tertiary/aromatic N) is 4. The van der Waals surface area contributed by atoms with Gasteiger partial charge in [0, 0.05) is 37.8 Å². The SMILES string of the molecule is CC(C)COc1cc(N2CCN(C(=O)c3cccc(OC(F)(F)F)c3)CC2)ncn1. The van der Waals surface area contributed by atoms with Gasteiger partial charge in [-0.15, -0.1) is 13.2 Å². The topological polar surface area (TPSA) is 67.8 Å². The summed E-state index contributed by atoms with van der Waals surface area (Å²) in [5.74, 6) is 0.816. The van der Waals surface area contributed by atoms with Gasteiger partial charge in [-0.1, -0.05) is 19.9 Å². The third-order valence-corrected chi connectivity index (χ3v) is 4.40. The van der Waals surface area contributed by atoms with Crippen LogP contribution in [0.2, 0.25) is 0 Å². The Balaban J connectivity index is 1.60. The molecule has 2 heterocycles. The van der Waals surface area contributed by atoms with Gasteiger partial charge in [0.25, 0.3) is 5.91 Å². The second-order valence-corrected chi connectivity index (χ2v) is 7.27. The van der Waals surface area contributed by atoms with E-state index < -0.39 is 12.1 Å². The summed E-state index contributed by atoms with van der Waals surface area (Å²) in [5, 5.41) is 0. The van der Waals surface area contributed by atoms with Gasteiger partial charge >= 0.3 is 6.36 Å². The molecule has 0 unspecified atom stereocenters. The number of anilines is 1. The van der Waals surface area contributed by atoms with Crippen LogP contribution in [0.5, 0.6) is 11.6 Å². The quantitative estimate of drug-likeness (QED) is 0.708. The van der Waals surface area contributed by atoms with Gasteiger partial charge in [-0.05, 0) is 24.1 Å². The Kier molecular flexibility index (Phi) is 6.63. The van der Waals surface area contributed by atoms with Crippen molar-refractivity contribution in [1.82, 2.24) is 14.9 Å². The van der Waals surface area contributed by atoms with Crippen molar-refractivity contribution in [3.05, 3.63) is 42.2 Å². The number of ether oxygens (including phenoxy) is 2. The van der Waals surface area contributed by atoms with E-state index >= 15 is 0 Å². The molecule has 1 saturated heterocycles. The summed E-state index contributed by atoms with van der Waals surface area (Å²) in [5.41, 5.74) is 0.150. The summed E-state index contributed by atoms with van der Waals surface area (Å²) in [4.78, 5) is 24.7. The van der Waals surface area contributed by atoms with Crippen LogP contribution in [0.25, 0.3) is 0 Å². The molecule has 0 spiro atoms. The van der Waals surface area contributed by atoms with Crippen LogP contribution in [0, 0.1) is 5.92 Å². The minimum atomic E-state index is -4.80. The first-order valence-electron chi connectivity index (χ1n) is 9.56. The van der Waals surface area contributed by atoms with E-state index in [0.717, 1.165) is 12.1 Å². The number of piperazine rings is 1. The Labute approximate surface area is 172 Å². The molecule has 0 N–H and O–H groups in total. The largest absolute Gasteiger partial charge is 0.573 e. The minimum absolute atomic E-state index is 0.150. The molecule has 1 aromatic carbocycles. The van der Waals surface area contributed by atoms with E-state index in [1.165, 1.54) is 18.5 Å². The minimum Gasteiger partial charge on any atom is -0.477 e. The molecule has 1 aromatic heterocycles. The third-order valence-electron chi connectivity index (χ3n) is 4.40. The van der Waals surface area contributed by atoms with E-state index in [4.69, 9.17) is 4.74 Å². The van der Waals surface area contributed by atoms with Crippen LogP contribution in [0.1, 0.15) is 24.2 Å². The van der Waals surface area contributed by atoms with Crippen LogP contribution < -0.4 is 14.4 Å². The lowest BCUT2D eigenvalue weighted by Gasteiger charge is -2.35. The van der Waals surface area contributed by atoms with Crippen molar-refractivity contribution in [3.8, 4) is 11.6 Å². The molecular formula is C20H23F3N4O3. The van der Waals surface area contributed by atoms with Gasteiger partial charge in [-0.25, -0.2) is 9.97 Å². The van der Waals surface area contributed by atoms with Gasteiger partial charge in [-0.2, -0.15) is 0 Å². The second-order valence-electron chi connectivity index (χ2n) is 7.27. The van der Waals surface area contributed by atoms with Crippen LogP contribution in [-0.4, -0.2) is 59.9 Å². The smallest absolute Gasteiger partial charge is 0.477 e. The number of hydrogen-bond donors (Lipinski definition) is 0. The van der Waals surface area contributed by atoms with Crippen molar-refractivity contribution in [2.24, 2.45) is 5.92 Å². The van der Waals surface area contributed by atoms with Gasteiger partial charge < -0.3 is 19.3 Å². The summed E-state index contributed by atoms with van der Waals surface area (Å²) < 4.78 is 46.7. The Morgan fingerprint density at radius 2 is 1.87 bits per heavy atom. The first kappa shape index (κ1) is 21.7. The zero-order valence-corrected chi connectivity index (χ0v) is 16.7. The monoisotopic (exact) mass is 424 g/mol. The van der Waals surface area contributed by atoms with Gasteiger partial charge in [-0.3, -0.25) is 4.79 Å². The summed E-state index contributed by atoms with van der Waals surface area (Å²) in [7, 11) is 0. The van der Waals surface area contributed by atoms with Crippen LogP contribution in [0.3, 0.4) is 0 Å². The van der Waals surface area contributed by atoms with Crippen LogP contribution in [-0.2, 0) is 0 Å². The first-order chi connectivity index (χ1) is 14.2. The van der Waals surface area contributed by atoms with Crippen molar-refractivity contribution in [3.63, 3.8) is 0 Å². The zero-order chi connectivity index (χ0) is 21.7. The standard InChI is InChI=1S/C20H23F3N4O3/c1-14(2)12-29-18-11-17(24-13-25-18)26-6-8-27(9-7-26)19(28)15-4-3-5-16(10-15)30-20(21,22)23/h3-5,10-11,13-14H,6-9,12H2,1-2H3. The maximum Gasteiger partial charge on any atom is 0.573 e. The molecule has 7 nitrogen and oxygen atoms in total. The number of aromatic nitrogens is 2. The Morgan fingerprint density at radius 1 is 1.13 bits per heavy atom. The average molecular weight is 424 g/mol. The molecule has 1 aliphatic heterocycles. The number of carbonyl (C=O) groups is 1. The number of rotatable bonds is 6. The van der Waals surface area contributed by atoms with Crippen molar-refractivity contribution >= 4 is 11.7 Å². The molecule has 1 fully saturated rings. The molecule has 0 radical (unpaired) electrons. The molecule has 1 amide bonds. The van der Waals surface area contributed by atoms with E-state index in [1.807, 2.05) is 18.7 Å². The van der Waals surface area contributed by atoms with Crippen LogP contribution in [0.15, 0.2) is 36.7 Å². The lowest BCUT2D eigenvalue weighted by molar-refractivity contribution is -0.274. The maximum atomic E-state index is 12.7. The van der Waals surface area contributed by atoms with Gasteiger partial charge in [0.05, 0.1) is 6.61 Å². The molecule has 0 atom stereocenters. The van der Waals surface area contributed by atoms with Crippen molar-refractivity contribution in [1.29, 1.82) is 0 Å². The van der Waals surface area contributed by atoms with Gasteiger partial charge in [0.2, 0.25) is 5.88 Å². The highest BCUT2D eigenvalue weighted by Gasteiger charge is 2.31. The van der Waals surface area contributed by atoms with Crippen molar-refractivity contribution in [2.45, 2.75) is 20.2 Å². The number of alkyl halides is 3. The fourth-order valence-electron chi connectivity index (χ4n) is 2.98. The number of hydrogen-bond acceptors (Lipinski definition) is 6. The predicted molar refractivity (Wildman–Crippen MR) is 104 cm³/mol. The van der Waals surface area contributed by atoms with E-state index in [-0.39, 0.29) is 11.5 Å². The van der Waals surface area contributed by atoms with Gasteiger partial charge in [0.1, 0.15) is 17.9 Å². The molecule has 0 aliphatic carbocycles. The maximum absolute atomic E-state index is 12.7.